The number of carbonyl (C=O) groups is 2. The second-order valence-corrected chi connectivity index (χ2v) is 4.75. The molecule has 1 aromatic carbocycles. The SMILES string of the molecule is CC(C)C(=O)OCC(=O)Nc1ccc(N(C)C)cc1. The third-order valence-corrected chi connectivity index (χ3v) is 2.48. The lowest BCUT2D eigenvalue weighted by Gasteiger charge is -2.13. The maximum Gasteiger partial charge on any atom is 0.308 e. The van der Waals surface area contributed by atoms with Crippen LogP contribution >= 0.6 is 0 Å². The standard InChI is InChI=1S/C14H20N2O3/c1-10(2)14(18)19-9-13(17)15-11-5-7-12(8-6-11)16(3)4/h5-8,10H,9H2,1-4H3,(H,15,17). The number of ether oxygens (including phenoxy) is 1. The first-order valence-corrected chi connectivity index (χ1v) is 6.14. The van der Waals surface area contributed by atoms with Crippen molar-refractivity contribution in [2.24, 2.45) is 5.92 Å². The quantitative estimate of drug-likeness (QED) is 0.825. The Balaban J connectivity index is 2.46. The highest BCUT2D eigenvalue weighted by atomic mass is 16.5. The van der Waals surface area contributed by atoms with Gasteiger partial charge in [0.2, 0.25) is 0 Å². The van der Waals surface area contributed by atoms with Gasteiger partial charge in [0.15, 0.2) is 6.61 Å². The Morgan fingerprint density at radius 3 is 2.26 bits per heavy atom. The van der Waals surface area contributed by atoms with Gasteiger partial charge < -0.3 is 15.0 Å². The number of anilines is 2. The molecule has 5 nitrogen and oxygen atoms in total. The molecule has 0 spiro atoms. The van der Waals surface area contributed by atoms with Crippen LogP contribution in [0.4, 0.5) is 11.4 Å². The maximum atomic E-state index is 11.6. The molecular weight excluding hydrogens is 244 g/mol. The highest BCUT2D eigenvalue weighted by molar-refractivity contribution is 5.93. The molecule has 0 radical (unpaired) electrons. The molecule has 0 aromatic heterocycles. The Labute approximate surface area is 113 Å². The third-order valence-electron chi connectivity index (χ3n) is 2.48. The molecule has 104 valence electrons. The van der Waals surface area contributed by atoms with Crippen LogP contribution in [0, 0.1) is 5.92 Å². The summed E-state index contributed by atoms with van der Waals surface area (Å²) >= 11 is 0. The van der Waals surface area contributed by atoms with Gasteiger partial charge in [-0.05, 0) is 24.3 Å². The molecule has 1 aromatic rings. The smallest absolute Gasteiger partial charge is 0.308 e. The number of nitrogens with zero attached hydrogens (tertiary/aromatic N) is 1. The predicted octanol–water partition coefficient (Wildman–Crippen LogP) is 1.89. The summed E-state index contributed by atoms with van der Waals surface area (Å²) in [4.78, 5) is 24.7. The van der Waals surface area contributed by atoms with Crippen molar-refractivity contribution in [3.8, 4) is 0 Å². The number of carbonyl (C=O) groups excluding carboxylic acids is 2. The van der Waals surface area contributed by atoms with E-state index < -0.39 is 0 Å². The van der Waals surface area contributed by atoms with Crippen molar-refractivity contribution in [1.29, 1.82) is 0 Å². The van der Waals surface area contributed by atoms with Crippen molar-refractivity contribution < 1.29 is 14.3 Å². The summed E-state index contributed by atoms with van der Waals surface area (Å²) < 4.78 is 4.84. The highest BCUT2D eigenvalue weighted by Crippen LogP contribution is 2.15. The van der Waals surface area contributed by atoms with E-state index in [2.05, 4.69) is 5.32 Å². The molecule has 0 atom stereocenters. The van der Waals surface area contributed by atoms with E-state index in [1.807, 2.05) is 31.1 Å². The van der Waals surface area contributed by atoms with Gasteiger partial charge in [0.1, 0.15) is 0 Å². The zero-order valence-corrected chi connectivity index (χ0v) is 11.8. The van der Waals surface area contributed by atoms with Crippen LogP contribution in [0.25, 0.3) is 0 Å². The van der Waals surface area contributed by atoms with Crippen molar-refractivity contribution in [3.05, 3.63) is 24.3 Å². The Bertz CT molecular complexity index is 439. The van der Waals surface area contributed by atoms with Gasteiger partial charge in [-0.3, -0.25) is 9.59 Å². The second-order valence-electron chi connectivity index (χ2n) is 4.75. The van der Waals surface area contributed by atoms with E-state index in [4.69, 9.17) is 4.74 Å². The van der Waals surface area contributed by atoms with Crippen molar-refractivity contribution >= 4 is 23.3 Å². The van der Waals surface area contributed by atoms with Gasteiger partial charge in [0.25, 0.3) is 5.91 Å². The van der Waals surface area contributed by atoms with Crippen LogP contribution in [0.1, 0.15) is 13.8 Å². The minimum Gasteiger partial charge on any atom is -0.455 e. The van der Waals surface area contributed by atoms with Gasteiger partial charge in [0, 0.05) is 25.5 Å². The molecule has 0 aliphatic rings. The number of benzene rings is 1. The molecule has 0 aliphatic carbocycles. The second kappa shape index (κ2) is 6.78. The molecular formula is C14H20N2O3. The minimum absolute atomic E-state index is 0.229. The summed E-state index contributed by atoms with van der Waals surface area (Å²) in [6.07, 6.45) is 0. The Morgan fingerprint density at radius 2 is 1.79 bits per heavy atom. The van der Waals surface area contributed by atoms with E-state index in [-0.39, 0.29) is 24.4 Å². The zero-order valence-electron chi connectivity index (χ0n) is 11.8. The topological polar surface area (TPSA) is 58.6 Å². The molecule has 19 heavy (non-hydrogen) atoms. The maximum absolute atomic E-state index is 11.6. The fourth-order valence-corrected chi connectivity index (χ4v) is 1.34. The number of hydrogen-bond acceptors (Lipinski definition) is 4. The van der Waals surface area contributed by atoms with Crippen LogP contribution in [0.2, 0.25) is 0 Å². The average Bonchev–Trinajstić information content (AvgIpc) is 2.36. The summed E-state index contributed by atoms with van der Waals surface area (Å²) in [6, 6.07) is 7.40. The summed E-state index contributed by atoms with van der Waals surface area (Å²) in [6.45, 7) is 3.19. The summed E-state index contributed by atoms with van der Waals surface area (Å²) in [5.74, 6) is -0.947. The van der Waals surface area contributed by atoms with Crippen LogP contribution in [0.5, 0.6) is 0 Å². The molecule has 1 N–H and O–H groups in total. The van der Waals surface area contributed by atoms with Crippen LogP contribution in [-0.2, 0) is 14.3 Å². The van der Waals surface area contributed by atoms with Crippen molar-refractivity contribution in [3.63, 3.8) is 0 Å². The molecule has 1 amide bonds. The predicted molar refractivity (Wildman–Crippen MR) is 75.2 cm³/mol. The number of hydrogen-bond donors (Lipinski definition) is 1. The molecule has 0 aliphatic heterocycles. The monoisotopic (exact) mass is 264 g/mol. The normalized spacial score (nSPS) is 10.2. The van der Waals surface area contributed by atoms with E-state index in [0.29, 0.717) is 5.69 Å². The van der Waals surface area contributed by atoms with Gasteiger partial charge in [-0.15, -0.1) is 0 Å². The van der Waals surface area contributed by atoms with Gasteiger partial charge in [-0.25, -0.2) is 0 Å². The molecule has 0 heterocycles. The average molecular weight is 264 g/mol. The summed E-state index contributed by atoms with van der Waals surface area (Å²) in [5.41, 5.74) is 1.72. The van der Waals surface area contributed by atoms with Gasteiger partial charge >= 0.3 is 5.97 Å². The van der Waals surface area contributed by atoms with Gasteiger partial charge in [-0.1, -0.05) is 13.8 Å². The molecule has 0 saturated carbocycles. The number of nitrogens with one attached hydrogen (secondary N) is 1. The minimum atomic E-state index is -0.377. The van der Waals surface area contributed by atoms with Crippen LogP contribution < -0.4 is 10.2 Å². The number of amides is 1. The van der Waals surface area contributed by atoms with Crippen LogP contribution in [0.15, 0.2) is 24.3 Å². The molecule has 0 bridgehead atoms. The lowest BCUT2D eigenvalue weighted by Crippen LogP contribution is -2.22. The molecule has 1 rings (SSSR count). The Kier molecular flexibility index (Phi) is 5.36. The first-order valence-electron chi connectivity index (χ1n) is 6.14. The van der Waals surface area contributed by atoms with Crippen molar-refractivity contribution in [2.75, 3.05) is 30.9 Å². The third kappa shape index (κ3) is 4.99. The van der Waals surface area contributed by atoms with Crippen LogP contribution in [-0.4, -0.2) is 32.6 Å². The van der Waals surface area contributed by atoms with E-state index in [9.17, 15) is 9.59 Å². The molecule has 0 unspecified atom stereocenters. The molecule has 0 fully saturated rings. The van der Waals surface area contributed by atoms with Gasteiger partial charge in [0.05, 0.1) is 5.92 Å². The van der Waals surface area contributed by atoms with Gasteiger partial charge in [-0.2, -0.15) is 0 Å². The van der Waals surface area contributed by atoms with E-state index in [1.54, 1.807) is 26.0 Å². The number of rotatable bonds is 5. The van der Waals surface area contributed by atoms with Crippen molar-refractivity contribution in [1.82, 2.24) is 0 Å². The van der Waals surface area contributed by atoms with E-state index in [1.165, 1.54) is 0 Å². The fraction of sp³-hybridized carbons (Fsp3) is 0.429. The van der Waals surface area contributed by atoms with Crippen molar-refractivity contribution in [2.45, 2.75) is 13.8 Å². The van der Waals surface area contributed by atoms with E-state index in [0.717, 1.165) is 5.69 Å². The van der Waals surface area contributed by atoms with Crippen LogP contribution in [0.3, 0.4) is 0 Å². The first kappa shape index (κ1) is 15.0. The molecule has 0 saturated heterocycles. The van der Waals surface area contributed by atoms with E-state index >= 15 is 0 Å². The zero-order chi connectivity index (χ0) is 14.4. The summed E-state index contributed by atoms with van der Waals surface area (Å²) in [7, 11) is 3.89. The molecule has 5 heteroatoms. The highest BCUT2D eigenvalue weighted by Gasteiger charge is 2.11. The first-order chi connectivity index (χ1) is 8.90. The lowest BCUT2D eigenvalue weighted by atomic mass is 10.2. The summed E-state index contributed by atoms with van der Waals surface area (Å²) in [5, 5.41) is 2.67. The Morgan fingerprint density at radius 1 is 1.21 bits per heavy atom. The number of esters is 1. The Hall–Kier alpha value is -2.04. The lowest BCUT2D eigenvalue weighted by molar-refractivity contribution is -0.150. The fourth-order valence-electron chi connectivity index (χ4n) is 1.34. The largest absolute Gasteiger partial charge is 0.455 e.